The van der Waals surface area contributed by atoms with Crippen molar-refractivity contribution in [3.63, 3.8) is 0 Å². The molecule has 3 N–H and O–H groups in total. The Kier molecular flexibility index (Phi) is 3.82. The summed E-state index contributed by atoms with van der Waals surface area (Å²) in [6.45, 7) is 0. The van der Waals surface area contributed by atoms with Gasteiger partial charge in [0, 0.05) is 0 Å². The van der Waals surface area contributed by atoms with Gasteiger partial charge in [0.05, 0.1) is 0 Å². The zero-order valence-corrected chi connectivity index (χ0v) is 11.7. The van der Waals surface area contributed by atoms with Gasteiger partial charge in [-0.25, -0.2) is 5.43 Å². The fourth-order valence-corrected chi connectivity index (χ4v) is 2.81. The minimum atomic E-state index is -0.552. The van der Waals surface area contributed by atoms with Crippen LogP contribution in [-0.2, 0) is 5.54 Å². The van der Waals surface area contributed by atoms with Crippen LogP contribution in [0.5, 0.6) is 0 Å². The molecule has 0 unspecified atom stereocenters. The number of nitrogens with two attached hydrogens (primary N) is 1. The summed E-state index contributed by atoms with van der Waals surface area (Å²) in [4.78, 5) is 0. The lowest BCUT2D eigenvalue weighted by Gasteiger charge is -2.35. The van der Waals surface area contributed by atoms with E-state index in [0.717, 1.165) is 16.7 Å². The Bertz CT molecular complexity index is 582. The van der Waals surface area contributed by atoms with E-state index in [-0.39, 0.29) is 0 Å². The lowest BCUT2D eigenvalue weighted by molar-refractivity contribution is 0.489. The summed E-state index contributed by atoms with van der Waals surface area (Å²) in [5.41, 5.74) is 5.86. The molecule has 3 aromatic carbocycles. The average Bonchev–Trinajstić information content (AvgIpc) is 2.59. The summed E-state index contributed by atoms with van der Waals surface area (Å²) in [6.07, 6.45) is 0. The molecule has 0 atom stereocenters. The normalized spacial score (nSPS) is 11.3. The predicted octanol–water partition coefficient (Wildman–Crippen LogP) is 3.44. The van der Waals surface area contributed by atoms with E-state index < -0.39 is 5.54 Å². The third-order valence-corrected chi connectivity index (χ3v) is 3.84. The number of nitrogens with one attached hydrogen (secondary N) is 1. The maximum atomic E-state index is 6.05. The molecule has 0 saturated carbocycles. The zero-order valence-electron chi connectivity index (χ0n) is 11.7. The largest absolute Gasteiger partial charge is 0.270 e. The molecule has 0 bridgehead atoms. The SMILES string of the molecule is NNC(c1ccccc1)(c1ccccc1)c1ccccc1. The maximum Gasteiger partial charge on any atom is 0.107 e. The second-order valence-corrected chi connectivity index (χ2v) is 4.99. The van der Waals surface area contributed by atoms with Crippen LogP contribution in [-0.4, -0.2) is 0 Å². The van der Waals surface area contributed by atoms with Gasteiger partial charge in [0.25, 0.3) is 0 Å². The summed E-state index contributed by atoms with van der Waals surface area (Å²) in [5, 5.41) is 0. The molecular formula is C19H18N2. The van der Waals surface area contributed by atoms with Crippen molar-refractivity contribution in [2.75, 3.05) is 0 Å². The van der Waals surface area contributed by atoms with E-state index in [4.69, 9.17) is 5.84 Å². The van der Waals surface area contributed by atoms with E-state index in [9.17, 15) is 0 Å². The molecule has 3 aromatic rings. The number of hydrogen-bond acceptors (Lipinski definition) is 2. The Morgan fingerprint density at radius 2 is 0.810 bits per heavy atom. The van der Waals surface area contributed by atoms with E-state index in [0.29, 0.717) is 0 Å². The Hall–Kier alpha value is -2.42. The van der Waals surface area contributed by atoms with Crippen molar-refractivity contribution in [1.29, 1.82) is 0 Å². The van der Waals surface area contributed by atoms with Crippen LogP contribution in [0.3, 0.4) is 0 Å². The van der Waals surface area contributed by atoms with Gasteiger partial charge in [-0.15, -0.1) is 0 Å². The van der Waals surface area contributed by atoms with E-state index >= 15 is 0 Å². The van der Waals surface area contributed by atoms with Crippen molar-refractivity contribution < 1.29 is 0 Å². The molecule has 21 heavy (non-hydrogen) atoms. The van der Waals surface area contributed by atoms with E-state index in [1.807, 2.05) is 54.6 Å². The molecule has 0 heterocycles. The molecule has 2 nitrogen and oxygen atoms in total. The van der Waals surface area contributed by atoms with Crippen LogP contribution in [0, 0.1) is 0 Å². The van der Waals surface area contributed by atoms with Crippen molar-refractivity contribution in [2.24, 2.45) is 5.84 Å². The minimum absolute atomic E-state index is 0.552. The lowest BCUT2D eigenvalue weighted by Crippen LogP contribution is -2.48. The van der Waals surface area contributed by atoms with Crippen molar-refractivity contribution >= 4 is 0 Å². The number of hydrogen-bond donors (Lipinski definition) is 2. The first-order valence-electron chi connectivity index (χ1n) is 7.02. The Labute approximate surface area is 125 Å². The quantitative estimate of drug-likeness (QED) is 0.434. The highest BCUT2D eigenvalue weighted by Crippen LogP contribution is 2.35. The zero-order chi connectivity index (χ0) is 14.5. The maximum absolute atomic E-state index is 6.05. The van der Waals surface area contributed by atoms with Crippen LogP contribution in [0.25, 0.3) is 0 Å². The monoisotopic (exact) mass is 274 g/mol. The van der Waals surface area contributed by atoms with Crippen molar-refractivity contribution in [3.05, 3.63) is 108 Å². The van der Waals surface area contributed by atoms with Gasteiger partial charge < -0.3 is 0 Å². The third-order valence-electron chi connectivity index (χ3n) is 3.84. The smallest absolute Gasteiger partial charge is 0.107 e. The fourth-order valence-electron chi connectivity index (χ4n) is 2.81. The highest BCUT2D eigenvalue weighted by atomic mass is 15.3. The Morgan fingerprint density at radius 1 is 0.524 bits per heavy atom. The van der Waals surface area contributed by atoms with Gasteiger partial charge in [0.1, 0.15) is 5.54 Å². The molecule has 0 radical (unpaired) electrons. The van der Waals surface area contributed by atoms with Gasteiger partial charge in [-0.1, -0.05) is 91.0 Å². The van der Waals surface area contributed by atoms with E-state index in [2.05, 4.69) is 41.8 Å². The Morgan fingerprint density at radius 3 is 1.05 bits per heavy atom. The van der Waals surface area contributed by atoms with Gasteiger partial charge in [0.15, 0.2) is 0 Å². The molecular weight excluding hydrogens is 256 g/mol. The van der Waals surface area contributed by atoms with Crippen LogP contribution in [0.4, 0.5) is 0 Å². The summed E-state index contributed by atoms with van der Waals surface area (Å²) in [6, 6.07) is 30.8. The fraction of sp³-hybridized carbons (Fsp3) is 0.0526. The lowest BCUT2D eigenvalue weighted by atomic mass is 9.77. The van der Waals surface area contributed by atoms with Gasteiger partial charge in [-0.2, -0.15) is 0 Å². The van der Waals surface area contributed by atoms with E-state index in [1.54, 1.807) is 0 Å². The molecule has 0 aromatic heterocycles. The minimum Gasteiger partial charge on any atom is -0.270 e. The first-order chi connectivity index (χ1) is 10.4. The highest BCUT2D eigenvalue weighted by Gasteiger charge is 2.34. The first-order valence-corrected chi connectivity index (χ1v) is 7.02. The van der Waals surface area contributed by atoms with Crippen LogP contribution < -0.4 is 11.3 Å². The van der Waals surface area contributed by atoms with E-state index in [1.165, 1.54) is 0 Å². The van der Waals surface area contributed by atoms with Crippen LogP contribution in [0.15, 0.2) is 91.0 Å². The van der Waals surface area contributed by atoms with Crippen LogP contribution >= 0.6 is 0 Å². The number of rotatable bonds is 4. The summed E-state index contributed by atoms with van der Waals surface area (Å²) in [5.74, 6) is 6.05. The predicted molar refractivity (Wildman–Crippen MR) is 86.5 cm³/mol. The highest BCUT2D eigenvalue weighted by molar-refractivity contribution is 5.49. The molecule has 0 amide bonds. The van der Waals surface area contributed by atoms with Gasteiger partial charge >= 0.3 is 0 Å². The van der Waals surface area contributed by atoms with Crippen LogP contribution in [0.1, 0.15) is 16.7 Å². The Balaban J connectivity index is 2.29. The topological polar surface area (TPSA) is 38.0 Å². The summed E-state index contributed by atoms with van der Waals surface area (Å²) >= 11 is 0. The molecule has 0 aliphatic rings. The average molecular weight is 274 g/mol. The van der Waals surface area contributed by atoms with Crippen LogP contribution in [0.2, 0.25) is 0 Å². The van der Waals surface area contributed by atoms with Crippen molar-refractivity contribution in [1.82, 2.24) is 5.43 Å². The molecule has 0 spiro atoms. The molecule has 3 rings (SSSR count). The third kappa shape index (κ3) is 2.35. The van der Waals surface area contributed by atoms with Gasteiger partial charge in [0.2, 0.25) is 0 Å². The molecule has 104 valence electrons. The second-order valence-electron chi connectivity index (χ2n) is 4.99. The van der Waals surface area contributed by atoms with Gasteiger partial charge in [-0.3, -0.25) is 5.84 Å². The van der Waals surface area contributed by atoms with Crippen molar-refractivity contribution in [3.8, 4) is 0 Å². The molecule has 2 heteroatoms. The number of benzene rings is 3. The molecule has 0 fully saturated rings. The van der Waals surface area contributed by atoms with Crippen molar-refractivity contribution in [2.45, 2.75) is 5.54 Å². The summed E-state index contributed by atoms with van der Waals surface area (Å²) in [7, 11) is 0. The summed E-state index contributed by atoms with van der Waals surface area (Å²) < 4.78 is 0. The molecule has 0 saturated heterocycles. The molecule has 0 aliphatic carbocycles. The first kappa shape index (κ1) is 13.6. The second kappa shape index (κ2) is 5.92. The number of hydrazine groups is 1. The molecule has 0 aliphatic heterocycles. The van der Waals surface area contributed by atoms with Gasteiger partial charge in [-0.05, 0) is 16.7 Å². The standard InChI is InChI=1S/C19H18N2/c20-21-19(16-10-4-1-5-11-16,17-12-6-2-7-13-17)18-14-8-3-9-15-18/h1-15,21H,20H2.